The topological polar surface area (TPSA) is 63.7 Å². The van der Waals surface area contributed by atoms with E-state index >= 15 is 0 Å². The number of rotatable bonds is 6. The molecular weight excluding hydrogens is 264 g/mol. The summed E-state index contributed by atoms with van der Waals surface area (Å²) in [6, 6.07) is 7.97. The molecule has 0 atom stereocenters. The third-order valence-electron chi connectivity index (χ3n) is 3.34. The molecule has 0 amide bonds. The Bertz CT molecular complexity index is 673. The van der Waals surface area contributed by atoms with Gasteiger partial charge in [-0.15, -0.1) is 0 Å². The van der Waals surface area contributed by atoms with Gasteiger partial charge in [-0.3, -0.25) is 0 Å². The number of nitrogens with zero attached hydrogens (tertiary/aromatic N) is 3. The highest BCUT2D eigenvalue weighted by Crippen LogP contribution is 2.22. The molecule has 5 nitrogen and oxygen atoms in total. The van der Waals surface area contributed by atoms with Crippen LogP contribution in [0.5, 0.6) is 5.75 Å². The van der Waals surface area contributed by atoms with Crippen molar-refractivity contribution in [2.45, 2.75) is 26.2 Å². The van der Waals surface area contributed by atoms with Crippen LogP contribution in [0.2, 0.25) is 0 Å². The lowest BCUT2D eigenvalue weighted by Gasteiger charge is -2.06. The molecular formula is C16H18N4O. The largest absolute Gasteiger partial charge is 0.494 e. The molecule has 1 N–H and O–H groups in total. The van der Waals surface area contributed by atoms with E-state index in [4.69, 9.17) is 4.74 Å². The van der Waals surface area contributed by atoms with E-state index in [1.165, 1.54) is 12.8 Å². The van der Waals surface area contributed by atoms with Gasteiger partial charge >= 0.3 is 0 Å². The first-order chi connectivity index (χ1) is 10.4. The molecule has 0 aliphatic carbocycles. The molecule has 3 rings (SSSR count). The van der Waals surface area contributed by atoms with Crippen LogP contribution in [-0.4, -0.2) is 26.8 Å². The lowest BCUT2D eigenvalue weighted by Crippen LogP contribution is -1.96. The fraction of sp³-hybridized carbons (Fsp3) is 0.312. The zero-order valence-electron chi connectivity index (χ0n) is 12.0. The summed E-state index contributed by atoms with van der Waals surface area (Å²) in [4.78, 5) is 7.74. The van der Waals surface area contributed by atoms with Gasteiger partial charge in [0, 0.05) is 5.56 Å². The third kappa shape index (κ3) is 3.18. The first kappa shape index (κ1) is 13.5. The normalized spacial score (nSPS) is 10.9. The van der Waals surface area contributed by atoms with E-state index in [0.29, 0.717) is 0 Å². The minimum atomic E-state index is 0.773. The highest BCUT2D eigenvalue weighted by Gasteiger charge is 2.05. The summed E-state index contributed by atoms with van der Waals surface area (Å²) in [6.07, 6.45) is 6.84. The zero-order valence-corrected chi connectivity index (χ0v) is 12.0. The van der Waals surface area contributed by atoms with Crippen LogP contribution < -0.4 is 4.74 Å². The zero-order chi connectivity index (χ0) is 14.5. The van der Waals surface area contributed by atoms with Crippen molar-refractivity contribution in [3.8, 4) is 17.1 Å². The fourth-order valence-corrected chi connectivity index (χ4v) is 2.16. The lowest BCUT2D eigenvalue weighted by atomic mass is 10.2. The second kappa shape index (κ2) is 6.35. The number of ether oxygens (including phenoxy) is 1. The standard InChI is InChI=1S/C16H18N4O/c1-2-3-4-9-21-13-7-5-12(6-8-13)16-19-14-10-17-18-11-15(14)20-16/h5-8,10-11H,2-4,9H2,1H3,(H,19,20). The van der Waals surface area contributed by atoms with Gasteiger partial charge in [-0.05, 0) is 30.7 Å². The lowest BCUT2D eigenvalue weighted by molar-refractivity contribution is 0.306. The van der Waals surface area contributed by atoms with Gasteiger partial charge in [-0.2, -0.15) is 10.2 Å². The number of imidazole rings is 1. The maximum absolute atomic E-state index is 5.71. The Morgan fingerprint density at radius 1 is 1.05 bits per heavy atom. The summed E-state index contributed by atoms with van der Waals surface area (Å²) in [5, 5.41) is 7.67. The van der Waals surface area contributed by atoms with E-state index in [1.54, 1.807) is 12.4 Å². The van der Waals surface area contributed by atoms with Gasteiger partial charge in [0.25, 0.3) is 0 Å². The molecule has 0 saturated heterocycles. The quantitative estimate of drug-likeness (QED) is 0.702. The SMILES string of the molecule is CCCCCOc1ccc(-c2nc3cnncc3[nH]2)cc1. The second-order valence-corrected chi connectivity index (χ2v) is 4.95. The molecule has 0 saturated carbocycles. The van der Waals surface area contributed by atoms with Crippen molar-refractivity contribution in [1.82, 2.24) is 20.2 Å². The molecule has 2 heterocycles. The first-order valence-electron chi connectivity index (χ1n) is 7.26. The number of fused-ring (bicyclic) bond motifs is 1. The van der Waals surface area contributed by atoms with Crippen molar-refractivity contribution in [3.63, 3.8) is 0 Å². The molecule has 0 bridgehead atoms. The maximum atomic E-state index is 5.71. The highest BCUT2D eigenvalue weighted by atomic mass is 16.5. The Hall–Kier alpha value is -2.43. The van der Waals surface area contributed by atoms with E-state index in [2.05, 4.69) is 27.1 Å². The van der Waals surface area contributed by atoms with Crippen molar-refractivity contribution >= 4 is 11.0 Å². The maximum Gasteiger partial charge on any atom is 0.138 e. The van der Waals surface area contributed by atoms with Gasteiger partial charge < -0.3 is 9.72 Å². The van der Waals surface area contributed by atoms with Gasteiger partial charge in [0.1, 0.15) is 17.1 Å². The van der Waals surface area contributed by atoms with Crippen LogP contribution in [0.4, 0.5) is 0 Å². The number of hydrogen-bond donors (Lipinski definition) is 1. The Labute approximate surface area is 123 Å². The van der Waals surface area contributed by atoms with Gasteiger partial charge in [-0.1, -0.05) is 19.8 Å². The molecule has 0 unspecified atom stereocenters. The molecule has 108 valence electrons. The van der Waals surface area contributed by atoms with Crippen LogP contribution in [0, 0.1) is 0 Å². The van der Waals surface area contributed by atoms with Crippen molar-refractivity contribution in [2.24, 2.45) is 0 Å². The van der Waals surface area contributed by atoms with E-state index in [-0.39, 0.29) is 0 Å². The van der Waals surface area contributed by atoms with Crippen LogP contribution in [-0.2, 0) is 0 Å². The van der Waals surface area contributed by atoms with E-state index in [1.807, 2.05) is 24.3 Å². The Morgan fingerprint density at radius 2 is 1.86 bits per heavy atom. The van der Waals surface area contributed by atoms with E-state index in [0.717, 1.165) is 41.2 Å². The molecule has 5 heteroatoms. The monoisotopic (exact) mass is 282 g/mol. The number of nitrogens with one attached hydrogen (secondary N) is 1. The third-order valence-corrected chi connectivity index (χ3v) is 3.34. The molecule has 0 aliphatic heterocycles. The summed E-state index contributed by atoms with van der Waals surface area (Å²) in [5.74, 6) is 1.71. The smallest absolute Gasteiger partial charge is 0.138 e. The summed E-state index contributed by atoms with van der Waals surface area (Å²) in [7, 11) is 0. The minimum Gasteiger partial charge on any atom is -0.494 e. The Kier molecular flexibility index (Phi) is 4.09. The number of hydrogen-bond acceptors (Lipinski definition) is 4. The van der Waals surface area contributed by atoms with Crippen LogP contribution in [0.15, 0.2) is 36.7 Å². The van der Waals surface area contributed by atoms with Crippen molar-refractivity contribution in [3.05, 3.63) is 36.7 Å². The summed E-state index contributed by atoms with van der Waals surface area (Å²) < 4.78 is 5.71. The number of H-pyrrole nitrogens is 1. The molecule has 0 radical (unpaired) electrons. The van der Waals surface area contributed by atoms with E-state index < -0.39 is 0 Å². The number of benzene rings is 1. The molecule has 21 heavy (non-hydrogen) atoms. The molecule has 3 aromatic rings. The minimum absolute atomic E-state index is 0.773. The molecule has 0 fully saturated rings. The van der Waals surface area contributed by atoms with Crippen LogP contribution in [0.1, 0.15) is 26.2 Å². The Balaban J connectivity index is 1.71. The number of unbranched alkanes of at least 4 members (excludes halogenated alkanes) is 2. The van der Waals surface area contributed by atoms with Gasteiger partial charge in [0.15, 0.2) is 0 Å². The molecule has 1 aromatic carbocycles. The predicted octanol–water partition coefficient (Wildman–Crippen LogP) is 3.59. The van der Waals surface area contributed by atoms with Crippen molar-refractivity contribution in [1.29, 1.82) is 0 Å². The highest BCUT2D eigenvalue weighted by molar-refractivity contribution is 5.77. The van der Waals surface area contributed by atoms with E-state index in [9.17, 15) is 0 Å². The summed E-state index contributed by atoms with van der Waals surface area (Å²) in [6.45, 7) is 2.96. The fourth-order valence-electron chi connectivity index (χ4n) is 2.16. The van der Waals surface area contributed by atoms with Gasteiger partial charge in [0.05, 0.1) is 24.5 Å². The second-order valence-electron chi connectivity index (χ2n) is 4.95. The number of aromatic amines is 1. The molecule has 2 aromatic heterocycles. The average molecular weight is 282 g/mol. The summed E-state index contributed by atoms with van der Waals surface area (Å²) in [5.41, 5.74) is 2.73. The van der Waals surface area contributed by atoms with Crippen LogP contribution in [0.25, 0.3) is 22.4 Å². The predicted molar refractivity (Wildman–Crippen MR) is 82.1 cm³/mol. The van der Waals surface area contributed by atoms with Gasteiger partial charge in [0.2, 0.25) is 0 Å². The van der Waals surface area contributed by atoms with Crippen molar-refractivity contribution < 1.29 is 4.74 Å². The average Bonchev–Trinajstić information content (AvgIpc) is 2.96. The van der Waals surface area contributed by atoms with Gasteiger partial charge in [-0.25, -0.2) is 4.98 Å². The van der Waals surface area contributed by atoms with Crippen LogP contribution >= 0.6 is 0 Å². The van der Waals surface area contributed by atoms with Crippen molar-refractivity contribution in [2.75, 3.05) is 6.61 Å². The van der Waals surface area contributed by atoms with Crippen LogP contribution in [0.3, 0.4) is 0 Å². The Morgan fingerprint density at radius 3 is 2.62 bits per heavy atom. The number of aromatic nitrogens is 4. The summed E-state index contributed by atoms with van der Waals surface area (Å²) >= 11 is 0. The molecule has 0 spiro atoms. The molecule has 0 aliphatic rings. The first-order valence-corrected chi connectivity index (χ1v) is 7.26.